The van der Waals surface area contributed by atoms with Crippen LogP contribution in [0.2, 0.25) is 0 Å². The fourth-order valence-electron chi connectivity index (χ4n) is 2.18. The molecule has 0 aromatic heterocycles. The highest BCUT2D eigenvalue weighted by molar-refractivity contribution is 7.80. The van der Waals surface area contributed by atoms with E-state index in [0.717, 1.165) is 39.3 Å². The molecule has 0 aromatic carbocycles. The Kier molecular flexibility index (Phi) is 3.91. The molecule has 0 spiro atoms. The zero-order chi connectivity index (χ0) is 10.7. The second-order valence-corrected chi connectivity index (χ2v) is 4.60. The number of thiocarbonyl (C=S) groups is 1. The zero-order valence-electron chi connectivity index (χ0n) is 8.85. The van der Waals surface area contributed by atoms with E-state index in [1.54, 1.807) is 0 Å². The Balaban J connectivity index is 1.88. The largest absolute Gasteiger partial charge is 0.391 e. The Morgan fingerprint density at radius 1 is 1.40 bits per heavy atom. The summed E-state index contributed by atoms with van der Waals surface area (Å²) in [6, 6.07) is 0.527. The van der Waals surface area contributed by atoms with E-state index in [1.165, 1.54) is 6.42 Å². The summed E-state index contributed by atoms with van der Waals surface area (Å²) in [6.07, 6.45) is 2.29. The lowest BCUT2D eigenvalue weighted by atomic mass is 10.1. The third-order valence-corrected chi connectivity index (χ3v) is 3.33. The fourth-order valence-corrected chi connectivity index (χ4v) is 2.33. The van der Waals surface area contributed by atoms with Crippen molar-refractivity contribution < 1.29 is 9.47 Å². The molecule has 2 aliphatic heterocycles. The Bertz CT molecular complexity index is 231. The molecule has 4 nitrogen and oxygen atoms in total. The van der Waals surface area contributed by atoms with Crippen molar-refractivity contribution in [2.75, 3.05) is 32.9 Å². The molecule has 2 fully saturated rings. The average Bonchev–Trinajstić information content (AvgIpc) is 2.30. The average molecular weight is 230 g/mol. The molecule has 15 heavy (non-hydrogen) atoms. The maximum atomic E-state index is 5.61. The van der Waals surface area contributed by atoms with Gasteiger partial charge in [-0.3, -0.25) is 4.90 Å². The van der Waals surface area contributed by atoms with Gasteiger partial charge in [0.1, 0.15) is 11.1 Å². The number of morpholine rings is 1. The van der Waals surface area contributed by atoms with Gasteiger partial charge in [-0.05, 0) is 12.8 Å². The SMILES string of the molecule is NC(=S)C1CN(C2CCCOC2)CCO1. The number of hydrogen-bond acceptors (Lipinski definition) is 4. The van der Waals surface area contributed by atoms with E-state index in [0.29, 0.717) is 11.0 Å². The van der Waals surface area contributed by atoms with Crippen molar-refractivity contribution in [1.29, 1.82) is 0 Å². The summed E-state index contributed by atoms with van der Waals surface area (Å²) in [4.78, 5) is 2.86. The molecule has 0 bridgehead atoms. The van der Waals surface area contributed by atoms with E-state index in [1.807, 2.05) is 0 Å². The summed E-state index contributed by atoms with van der Waals surface area (Å²) in [5, 5.41) is 0. The van der Waals surface area contributed by atoms with Crippen molar-refractivity contribution in [3.8, 4) is 0 Å². The normalized spacial score (nSPS) is 33.9. The molecule has 0 radical (unpaired) electrons. The molecule has 2 atom stereocenters. The van der Waals surface area contributed by atoms with Crippen LogP contribution in [0.25, 0.3) is 0 Å². The molecular formula is C10H18N2O2S. The predicted molar refractivity (Wildman–Crippen MR) is 61.9 cm³/mol. The van der Waals surface area contributed by atoms with Crippen LogP contribution in [0.1, 0.15) is 12.8 Å². The molecule has 2 unspecified atom stereocenters. The van der Waals surface area contributed by atoms with Gasteiger partial charge in [-0.1, -0.05) is 12.2 Å². The molecule has 2 aliphatic rings. The van der Waals surface area contributed by atoms with Crippen LogP contribution in [-0.2, 0) is 9.47 Å². The van der Waals surface area contributed by atoms with Gasteiger partial charge in [-0.2, -0.15) is 0 Å². The Hall–Kier alpha value is -0.230. The standard InChI is InChI=1S/C10H18N2O2S/c11-10(15)9-6-12(3-5-14-9)8-2-1-4-13-7-8/h8-9H,1-7H2,(H2,11,15). The molecule has 0 aromatic rings. The molecule has 0 saturated carbocycles. The van der Waals surface area contributed by atoms with Crippen LogP contribution in [-0.4, -0.2) is 54.9 Å². The molecule has 2 saturated heterocycles. The van der Waals surface area contributed by atoms with Crippen molar-refractivity contribution in [2.45, 2.75) is 25.0 Å². The highest BCUT2D eigenvalue weighted by Gasteiger charge is 2.28. The molecule has 2 rings (SSSR count). The van der Waals surface area contributed by atoms with Crippen LogP contribution in [0, 0.1) is 0 Å². The first-order chi connectivity index (χ1) is 7.27. The van der Waals surface area contributed by atoms with Crippen molar-refractivity contribution in [3.05, 3.63) is 0 Å². The van der Waals surface area contributed by atoms with Crippen LogP contribution >= 0.6 is 12.2 Å². The summed E-state index contributed by atoms with van der Waals surface area (Å²) in [6.45, 7) is 4.25. The van der Waals surface area contributed by atoms with Crippen molar-refractivity contribution in [3.63, 3.8) is 0 Å². The third kappa shape index (κ3) is 2.87. The molecule has 0 aliphatic carbocycles. The van der Waals surface area contributed by atoms with E-state index in [-0.39, 0.29) is 6.10 Å². The zero-order valence-corrected chi connectivity index (χ0v) is 9.67. The predicted octanol–water partition coefficient (Wildman–Crippen LogP) is 0.152. The van der Waals surface area contributed by atoms with Gasteiger partial charge in [0.15, 0.2) is 0 Å². The lowest BCUT2D eigenvalue weighted by molar-refractivity contribution is -0.0473. The Morgan fingerprint density at radius 2 is 2.27 bits per heavy atom. The van der Waals surface area contributed by atoms with Crippen LogP contribution < -0.4 is 5.73 Å². The third-order valence-electron chi connectivity index (χ3n) is 3.07. The summed E-state index contributed by atoms with van der Waals surface area (Å²) in [5.41, 5.74) is 5.61. The maximum absolute atomic E-state index is 5.61. The van der Waals surface area contributed by atoms with Gasteiger partial charge in [0.05, 0.1) is 13.2 Å². The first-order valence-electron chi connectivity index (χ1n) is 5.50. The van der Waals surface area contributed by atoms with Crippen molar-refractivity contribution in [1.82, 2.24) is 4.90 Å². The quantitative estimate of drug-likeness (QED) is 0.684. The van der Waals surface area contributed by atoms with Crippen LogP contribution in [0.5, 0.6) is 0 Å². The molecule has 2 N–H and O–H groups in total. The van der Waals surface area contributed by atoms with E-state index in [4.69, 9.17) is 27.4 Å². The van der Waals surface area contributed by atoms with Gasteiger partial charge in [0, 0.05) is 25.7 Å². The topological polar surface area (TPSA) is 47.7 Å². The minimum absolute atomic E-state index is 0.0734. The summed E-state index contributed by atoms with van der Waals surface area (Å²) in [5.74, 6) is 0. The van der Waals surface area contributed by atoms with Gasteiger partial charge in [-0.15, -0.1) is 0 Å². The fraction of sp³-hybridized carbons (Fsp3) is 0.900. The highest BCUT2D eigenvalue weighted by Crippen LogP contribution is 2.16. The number of ether oxygens (including phenoxy) is 2. The van der Waals surface area contributed by atoms with Gasteiger partial charge < -0.3 is 15.2 Å². The van der Waals surface area contributed by atoms with E-state index < -0.39 is 0 Å². The second kappa shape index (κ2) is 5.21. The van der Waals surface area contributed by atoms with Crippen LogP contribution in [0.3, 0.4) is 0 Å². The molecule has 2 heterocycles. The monoisotopic (exact) mass is 230 g/mol. The first-order valence-corrected chi connectivity index (χ1v) is 5.91. The molecule has 5 heteroatoms. The molecule has 0 amide bonds. The van der Waals surface area contributed by atoms with Gasteiger partial charge in [0.25, 0.3) is 0 Å². The van der Waals surface area contributed by atoms with E-state index in [2.05, 4.69) is 4.90 Å². The van der Waals surface area contributed by atoms with Gasteiger partial charge in [0.2, 0.25) is 0 Å². The van der Waals surface area contributed by atoms with Gasteiger partial charge in [-0.25, -0.2) is 0 Å². The van der Waals surface area contributed by atoms with E-state index in [9.17, 15) is 0 Å². The summed E-state index contributed by atoms with van der Waals surface area (Å²) < 4.78 is 11.0. The Morgan fingerprint density at radius 3 is 2.93 bits per heavy atom. The van der Waals surface area contributed by atoms with Crippen LogP contribution in [0.4, 0.5) is 0 Å². The van der Waals surface area contributed by atoms with Crippen molar-refractivity contribution >= 4 is 17.2 Å². The minimum atomic E-state index is -0.0734. The first kappa shape index (κ1) is 11.3. The van der Waals surface area contributed by atoms with Crippen molar-refractivity contribution in [2.24, 2.45) is 5.73 Å². The number of hydrogen-bond donors (Lipinski definition) is 1. The number of rotatable bonds is 2. The number of nitrogens with two attached hydrogens (primary N) is 1. The Labute approximate surface area is 95.7 Å². The molecular weight excluding hydrogens is 212 g/mol. The second-order valence-electron chi connectivity index (χ2n) is 4.13. The maximum Gasteiger partial charge on any atom is 0.120 e. The minimum Gasteiger partial charge on any atom is -0.391 e. The smallest absolute Gasteiger partial charge is 0.120 e. The van der Waals surface area contributed by atoms with E-state index >= 15 is 0 Å². The lowest BCUT2D eigenvalue weighted by Crippen LogP contribution is -2.53. The van der Waals surface area contributed by atoms with Crippen LogP contribution in [0.15, 0.2) is 0 Å². The summed E-state index contributed by atoms with van der Waals surface area (Å²) in [7, 11) is 0. The van der Waals surface area contributed by atoms with Gasteiger partial charge >= 0.3 is 0 Å². The summed E-state index contributed by atoms with van der Waals surface area (Å²) >= 11 is 4.96. The molecule has 86 valence electrons. The number of nitrogens with zero attached hydrogens (tertiary/aromatic N) is 1. The lowest BCUT2D eigenvalue weighted by Gasteiger charge is -2.39. The highest BCUT2D eigenvalue weighted by atomic mass is 32.1.